The minimum absolute atomic E-state index is 0.0730. The molecule has 1 atom stereocenters. The second kappa shape index (κ2) is 10.1. The molecule has 6 aromatic carbocycles. The molecule has 1 heteroatoms. The average molecular weight is 582 g/mol. The number of hydrogen-bond acceptors (Lipinski definition) is 1. The van der Waals surface area contributed by atoms with Gasteiger partial charge in [0, 0.05) is 33.8 Å². The lowest BCUT2D eigenvalue weighted by atomic mass is 9.78. The van der Waals surface area contributed by atoms with Crippen LogP contribution in [0.1, 0.15) is 73.9 Å². The molecule has 8 rings (SSSR count). The van der Waals surface area contributed by atoms with E-state index in [1.165, 1.54) is 61.3 Å². The van der Waals surface area contributed by atoms with Crippen LogP contribution in [0.15, 0.2) is 140 Å². The van der Waals surface area contributed by atoms with E-state index in [4.69, 9.17) is 0 Å². The van der Waals surface area contributed by atoms with E-state index >= 15 is 0 Å². The molecule has 2 aliphatic carbocycles. The highest BCUT2D eigenvalue weighted by Gasteiger charge is 2.42. The van der Waals surface area contributed by atoms with E-state index in [2.05, 4.69) is 179 Å². The van der Waals surface area contributed by atoms with E-state index in [0.717, 1.165) is 11.4 Å². The number of rotatable bonds is 5. The van der Waals surface area contributed by atoms with Crippen molar-refractivity contribution in [1.29, 1.82) is 0 Å². The topological polar surface area (TPSA) is 3.24 Å². The molecule has 0 fully saturated rings. The summed E-state index contributed by atoms with van der Waals surface area (Å²) < 4.78 is 0. The van der Waals surface area contributed by atoms with E-state index in [0.29, 0.717) is 5.92 Å². The van der Waals surface area contributed by atoms with E-state index in [-0.39, 0.29) is 10.8 Å². The molecule has 1 nitrogen and oxygen atoms in total. The zero-order valence-corrected chi connectivity index (χ0v) is 26.8. The summed E-state index contributed by atoms with van der Waals surface area (Å²) in [6, 6.07) is 51.6. The number of anilines is 3. The van der Waals surface area contributed by atoms with Crippen LogP contribution in [0.4, 0.5) is 17.1 Å². The minimum atomic E-state index is -0.122. The summed E-state index contributed by atoms with van der Waals surface area (Å²) in [5.74, 6) is 0.354. The summed E-state index contributed by atoms with van der Waals surface area (Å²) in [4.78, 5) is 2.37. The molecular weight excluding hydrogens is 542 g/mol. The Hall–Kier alpha value is -4.88. The molecule has 0 saturated carbocycles. The monoisotopic (exact) mass is 581 g/mol. The van der Waals surface area contributed by atoms with Gasteiger partial charge in [0.25, 0.3) is 0 Å². The Bertz CT molecular complexity index is 2010. The van der Waals surface area contributed by atoms with Crippen molar-refractivity contribution >= 4 is 17.1 Å². The highest BCUT2D eigenvalue weighted by Crippen LogP contribution is 2.57. The van der Waals surface area contributed by atoms with Gasteiger partial charge in [-0.15, -0.1) is 0 Å². The normalized spacial score (nSPS) is 15.5. The van der Waals surface area contributed by atoms with Gasteiger partial charge in [-0.05, 0) is 104 Å². The van der Waals surface area contributed by atoms with Crippen LogP contribution in [-0.4, -0.2) is 0 Å². The summed E-state index contributed by atoms with van der Waals surface area (Å²) >= 11 is 0. The quantitative estimate of drug-likeness (QED) is 0.196. The predicted octanol–water partition coefficient (Wildman–Crippen LogP) is 11.9. The first kappa shape index (κ1) is 27.7. The van der Waals surface area contributed by atoms with Crippen LogP contribution in [0, 0.1) is 0 Å². The van der Waals surface area contributed by atoms with Crippen LogP contribution in [0.5, 0.6) is 0 Å². The Kier molecular flexibility index (Phi) is 6.19. The fraction of sp³-hybridized carbons (Fsp3) is 0.182. The maximum atomic E-state index is 2.52. The highest BCUT2D eigenvalue weighted by atomic mass is 15.1. The lowest BCUT2D eigenvalue weighted by Crippen LogP contribution is -2.17. The fourth-order valence-corrected chi connectivity index (χ4v) is 7.91. The zero-order valence-electron chi connectivity index (χ0n) is 26.8. The van der Waals surface area contributed by atoms with Gasteiger partial charge in [0.2, 0.25) is 0 Å². The van der Waals surface area contributed by atoms with Crippen LogP contribution >= 0.6 is 0 Å². The molecule has 0 radical (unpaired) electrons. The Labute approximate surface area is 267 Å². The molecule has 0 bridgehead atoms. The highest BCUT2D eigenvalue weighted by molar-refractivity contribution is 5.91. The van der Waals surface area contributed by atoms with Crippen molar-refractivity contribution in [2.45, 2.75) is 51.4 Å². The number of fused-ring (bicyclic) bond motifs is 6. The molecule has 45 heavy (non-hydrogen) atoms. The van der Waals surface area contributed by atoms with Crippen molar-refractivity contribution in [2.24, 2.45) is 0 Å². The van der Waals surface area contributed by atoms with Gasteiger partial charge < -0.3 is 4.90 Å². The number of para-hydroxylation sites is 2. The van der Waals surface area contributed by atoms with Crippen molar-refractivity contribution in [3.8, 4) is 22.3 Å². The van der Waals surface area contributed by atoms with Gasteiger partial charge in [0.15, 0.2) is 0 Å². The van der Waals surface area contributed by atoms with Crippen molar-refractivity contribution < 1.29 is 0 Å². The van der Waals surface area contributed by atoms with Gasteiger partial charge in [0.1, 0.15) is 0 Å². The second-order valence-electron chi connectivity index (χ2n) is 13.9. The average Bonchev–Trinajstić information content (AvgIpc) is 3.43. The van der Waals surface area contributed by atoms with Gasteiger partial charge in [-0.25, -0.2) is 0 Å². The van der Waals surface area contributed by atoms with Crippen molar-refractivity contribution in [3.05, 3.63) is 173 Å². The molecule has 0 heterocycles. The Morgan fingerprint density at radius 1 is 0.400 bits per heavy atom. The van der Waals surface area contributed by atoms with Crippen LogP contribution in [0.25, 0.3) is 22.3 Å². The summed E-state index contributed by atoms with van der Waals surface area (Å²) in [5, 5.41) is 0. The minimum Gasteiger partial charge on any atom is -0.310 e. The molecule has 220 valence electrons. The van der Waals surface area contributed by atoms with Gasteiger partial charge in [-0.2, -0.15) is 0 Å². The van der Waals surface area contributed by atoms with Gasteiger partial charge in [-0.3, -0.25) is 0 Å². The first-order chi connectivity index (χ1) is 21.7. The molecule has 2 aliphatic rings. The van der Waals surface area contributed by atoms with Gasteiger partial charge >= 0.3 is 0 Å². The number of nitrogens with zero attached hydrogens (tertiary/aromatic N) is 1. The number of hydrogen-bond donors (Lipinski definition) is 0. The summed E-state index contributed by atoms with van der Waals surface area (Å²) in [6.07, 6.45) is 0. The van der Waals surface area contributed by atoms with E-state index in [9.17, 15) is 0 Å². The molecule has 0 spiro atoms. The van der Waals surface area contributed by atoms with Crippen molar-refractivity contribution in [2.75, 3.05) is 4.90 Å². The van der Waals surface area contributed by atoms with Gasteiger partial charge in [0.05, 0.1) is 0 Å². The summed E-state index contributed by atoms with van der Waals surface area (Å²) in [7, 11) is 0. The van der Waals surface area contributed by atoms with Crippen LogP contribution in [0.2, 0.25) is 0 Å². The van der Waals surface area contributed by atoms with Crippen LogP contribution < -0.4 is 4.90 Å². The molecule has 0 N–H and O–H groups in total. The van der Waals surface area contributed by atoms with E-state index in [1.807, 2.05) is 0 Å². The maximum Gasteiger partial charge on any atom is 0.0465 e. The number of benzene rings is 6. The Morgan fingerprint density at radius 2 is 0.844 bits per heavy atom. The molecule has 1 unspecified atom stereocenters. The zero-order chi connectivity index (χ0) is 30.9. The molecule has 0 aromatic heterocycles. The SMILES string of the molecule is CC(c1ccccc1)c1ccc2c(c1)C(C)(C)c1cc3c(cc1-2)C(C)(C)c1cc(N(c2ccccc2)c2ccccc2)ccc1-3. The van der Waals surface area contributed by atoms with Crippen LogP contribution in [0.3, 0.4) is 0 Å². The molecular formula is C44H39N. The van der Waals surface area contributed by atoms with E-state index < -0.39 is 0 Å². The fourth-order valence-electron chi connectivity index (χ4n) is 7.91. The smallest absolute Gasteiger partial charge is 0.0465 e. The van der Waals surface area contributed by atoms with Crippen LogP contribution in [-0.2, 0) is 10.8 Å². The van der Waals surface area contributed by atoms with Gasteiger partial charge in [-0.1, -0.05) is 126 Å². The molecule has 6 aromatic rings. The Morgan fingerprint density at radius 3 is 1.38 bits per heavy atom. The lowest BCUT2D eigenvalue weighted by molar-refractivity contribution is 0.651. The standard InChI is InChI=1S/C44H39N/c1-29(30-15-9-6-10-16-30)31-21-23-35-37-27-42-38(28-41(37)43(2,3)39(35)25-31)36-24-22-34(26-40(36)44(42,4)5)45(32-17-11-7-12-18-32)33-19-13-8-14-20-33/h6-29H,1-5H3. The molecule has 0 saturated heterocycles. The summed E-state index contributed by atoms with van der Waals surface area (Å²) in [6.45, 7) is 11.9. The third kappa shape index (κ3) is 4.21. The summed E-state index contributed by atoms with van der Waals surface area (Å²) in [5.41, 5.74) is 17.3. The Balaban J connectivity index is 1.23. The third-order valence-electron chi connectivity index (χ3n) is 10.6. The first-order valence-electron chi connectivity index (χ1n) is 16.2. The first-order valence-corrected chi connectivity index (χ1v) is 16.2. The lowest BCUT2D eigenvalue weighted by Gasteiger charge is -2.28. The van der Waals surface area contributed by atoms with E-state index in [1.54, 1.807) is 0 Å². The molecule has 0 amide bonds. The molecule has 0 aliphatic heterocycles. The third-order valence-corrected chi connectivity index (χ3v) is 10.6. The van der Waals surface area contributed by atoms with Crippen molar-refractivity contribution in [3.63, 3.8) is 0 Å². The van der Waals surface area contributed by atoms with Crippen molar-refractivity contribution in [1.82, 2.24) is 0 Å². The second-order valence-corrected chi connectivity index (χ2v) is 13.9. The maximum absolute atomic E-state index is 2.52. The predicted molar refractivity (Wildman–Crippen MR) is 190 cm³/mol. The largest absolute Gasteiger partial charge is 0.310 e.